The van der Waals surface area contributed by atoms with E-state index in [4.69, 9.17) is 0 Å². The van der Waals surface area contributed by atoms with Crippen molar-refractivity contribution in [3.8, 4) is 5.75 Å². The lowest BCUT2D eigenvalue weighted by molar-refractivity contribution is -0.274. The van der Waals surface area contributed by atoms with Crippen LogP contribution in [0.4, 0.5) is 13.2 Å². The average Bonchev–Trinajstić information content (AvgIpc) is 2.19. The highest BCUT2D eigenvalue weighted by Gasteiger charge is 2.30. The number of benzene rings is 1. The van der Waals surface area contributed by atoms with Gasteiger partial charge in [-0.25, -0.2) is 0 Å². The van der Waals surface area contributed by atoms with E-state index in [0.717, 1.165) is 0 Å². The van der Waals surface area contributed by atoms with Crippen LogP contribution in [0.25, 0.3) is 6.08 Å². The average molecular weight is 229 g/mol. The fraction of sp³-hybridized carbons (Fsp3) is 0.182. The van der Waals surface area contributed by atoms with Crippen molar-refractivity contribution in [2.75, 3.05) is 0 Å². The Labute approximate surface area is 90.3 Å². The van der Waals surface area contributed by atoms with E-state index < -0.39 is 6.36 Å². The summed E-state index contributed by atoms with van der Waals surface area (Å²) in [5, 5.41) is 0. The zero-order valence-electron chi connectivity index (χ0n) is 8.12. The first-order valence-corrected chi connectivity index (χ1v) is 4.38. The molecule has 0 heterocycles. The van der Waals surface area contributed by atoms with Gasteiger partial charge >= 0.3 is 6.36 Å². The molecular weight excluding hydrogens is 221 g/mol. The maximum absolute atomic E-state index is 11.8. The van der Waals surface area contributed by atoms with Crippen molar-refractivity contribution in [1.29, 1.82) is 0 Å². The van der Waals surface area contributed by atoms with Gasteiger partial charge in [0, 0.05) is 6.42 Å². The van der Waals surface area contributed by atoms with Gasteiger partial charge in [-0.1, -0.05) is 24.3 Å². The van der Waals surface area contributed by atoms with Gasteiger partial charge in [0.25, 0.3) is 0 Å². The number of halogens is 3. The summed E-state index contributed by atoms with van der Waals surface area (Å²) in [6.45, 7) is 0. The van der Waals surface area contributed by atoms with Crippen LogP contribution in [-0.4, -0.2) is 12.6 Å². The molecule has 0 aliphatic carbocycles. The van der Waals surface area contributed by atoms with E-state index in [1.165, 1.54) is 24.3 Å². The third-order valence-electron chi connectivity index (χ3n) is 1.63. The molecule has 0 aliphatic rings. The molecule has 0 amide bonds. The minimum Gasteiger partial charge on any atom is -0.406 e. The summed E-state index contributed by atoms with van der Waals surface area (Å²) in [7, 11) is 0. The highest BCUT2D eigenvalue weighted by atomic mass is 19.4. The van der Waals surface area contributed by atoms with E-state index in [2.05, 4.69) is 4.74 Å². The lowest BCUT2D eigenvalue weighted by atomic mass is 10.2. The van der Waals surface area contributed by atoms with E-state index in [1.807, 2.05) is 0 Å². The van der Waals surface area contributed by atoms with Gasteiger partial charge in [-0.05, 0) is 17.7 Å². The molecule has 0 N–H and O–H groups in total. The van der Waals surface area contributed by atoms with Crippen LogP contribution in [0.2, 0.25) is 0 Å². The van der Waals surface area contributed by atoms with Gasteiger partial charge < -0.3 is 4.74 Å². The maximum Gasteiger partial charge on any atom is 0.573 e. The molecule has 1 aromatic carbocycles. The zero-order chi connectivity index (χ0) is 12.0. The lowest BCUT2D eigenvalue weighted by Crippen LogP contribution is -2.16. The minimum atomic E-state index is -4.68. The largest absolute Gasteiger partial charge is 0.573 e. The monoisotopic (exact) mass is 229 g/mol. The first-order valence-electron chi connectivity index (χ1n) is 4.38. The molecular formula is C11H8F3O2. The Morgan fingerprint density at radius 3 is 2.38 bits per heavy atom. The molecule has 0 unspecified atom stereocenters. The summed E-state index contributed by atoms with van der Waals surface area (Å²) in [5.41, 5.74) is 0.685. The molecule has 0 fully saturated rings. The summed E-state index contributed by atoms with van der Waals surface area (Å²) in [4.78, 5) is 9.88. The molecule has 16 heavy (non-hydrogen) atoms. The normalized spacial score (nSPS) is 11.7. The van der Waals surface area contributed by atoms with Gasteiger partial charge in [0.1, 0.15) is 5.75 Å². The Morgan fingerprint density at radius 1 is 1.25 bits per heavy atom. The predicted octanol–water partition coefficient (Wildman–Crippen LogP) is 3.10. The molecule has 0 aromatic heterocycles. The second-order valence-corrected chi connectivity index (χ2v) is 2.87. The Morgan fingerprint density at radius 2 is 1.88 bits per heavy atom. The van der Waals surface area contributed by atoms with Crippen LogP contribution < -0.4 is 4.74 Å². The van der Waals surface area contributed by atoms with Gasteiger partial charge in [-0.15, -0.1) is 13.2 Å². The molecule has 0 saturated heterocycles. The molecule has 0 spiro atoms. The standard InChI is InChI=1S/C11H8F3O2/c12-11(13,14)16-10-6-4-9(5-7-10)3-1-2-8-15/h1,3-7H,2H2/b3-1+. The van der Waals surface area contributed by atoms with Gasteiger partial charge in [0.15, 0.2) is 0 Å². The van der Waals surface area contributed by atoms with E-state index in [9.17, 15) is 18.0 Å². The number of alkyl halides is 3. The first kappa shape index (κ1) is 12.3. The van der Waals surface area contributed by atoms with Crippen LogP contribution in [0.5, 0.6) is 5.75 Å². The second-order valence-electron chi connectivity index (χ2n) is 2.87. The summed E-state index contributed by atoms with van der Waals surface area (Å²) < 4.78 is 39.1. The molecule has 2 nitrogen and oxygen atoms in total. The number of hydrogen-bond acceptors (Lipinski definition) is 2. The van der Waals surface area contributed by atoms with Crippen LogP contribution in [0.15, 0.2) is 30.3 Å². The third-order valence-corrected chi connectivity index (χ3v) is 1.63. The van der Waals surface area contributed by atoms with Crippen LogP contribution in [-0.2, 0) is 4.79 Å². The van der Waals surface area contributed by atoms with E-state index in [-0.39, 0.29) is 12.2 Å². The van der Waals surface area contributed by atoms with Crippen LogP contribution in [0.3, 0.4) is 0 Å². The van der Waals surface area contributed by atoms with E-state index in [1.54, 1.807) is 18.4 Å². The Balaban J connectivity index is 2.64. The van der Waals surface area contributed by atoms with Gasteiger partial charge in [0.2, 0.25) is 6.29 Å². The molecule has 5 heteroatoms. The maximum atomic E-state index is 11.8. The molecule has 1 rings (SSSR count). The molecule has 0 atom stereocenters. The smallest absolute Gasteiger partial charge is 0.406 e. The molecule has 0 saturated carbocycles. The molecule has 0 aliphatic heterocycles. The SMILES string of the molecule is O=[C]C/C=C/c1ccc(OC(F)(F)F)cc1. The summed E-state index contributed by atoms with van der Waals surface area (Å²) >= 11 is 0. The van der Waals surface area contributed by atoms with Gasteiger partial charge in [-0.2, -0.15) is 0 Å². The van der Waals surface area contributed by atoms with E-state index in [0.29, 0.717) is 5.56 Å². The zero-order valence-corrected chi connectivity index (χ0v) is 8.12. The lowest BCUT2D eigenvalue weighted by Gasteiger charge is -2.08. The van der Waals surface area contributed by atoms with Crippen LogP contribution in [0.1, 0.15) is 12.0 Å². The van der Waals surface area contributed by atoms with Crippen molar-refractivity contribution in [2.24, 2.45) is 0 Å². The number of ether oxygens (including phenoxy) is 1. The summed E-state index contributed by atoms with van der Waals surface area (Å²) in [5.74, 6) is -0.272. The van der Waals surface area contributed by atoms with Gasteiger partial charge in [0.05, 0.1) is 0 Å². The molecule has 1 aromatic rings. The van der Waals surface area contributed by atoms with Crippen molar-refractivity contribution >= 4 is 12.4 Å². The van der Waals surface area contributed by atoms with Crippen molar-refractivity contribution in [2.45, 2.75) is 12.8 Å². The Bertz CT molecular complexity index is 366. The van der Waals surface area contributed by atoms with Crippen molar-refractivity contribution in [1.82, 2.24) is 0 Å². The fourth-order valence-electron chi connectivity index (χ4n) is 1.02. The summed E-state index contributed by atoms with van der Waals surface area (Å²) in [6.07, 6.45) is 0.322. The van der Waals surface area contributed by atoms with E-state index >= 15 is 0 Å². The van der Waals surface area contributed by atoms with Crippen molar-refractivity contribution in [3.05, 3.63) is 35.9 Å². The second kappa shape index (κ2) is 5.34. The third kappa shape index (κ3) is 4.63. The Kier molecular flexibility index (Phi) is 4.10. The van der Waals surface area contributed by atoms with Gasteiger partial charge in [-0.3, -0.25) is 4.79 Å². The van der Waals surface area contributed by atoms with Crippen molar-refractivity contribution < 1.29 is 22.7 Å². The number of carbonyl (C=O) groups excluding carboxylic acids is 1. The number of hydrogen-bond donors (Lipinski definition) is 0. The Hall–Kier alpha value is -1.78. The molecule has 0 bridgehead atoms. The highest BCUT2D eigenvalue weighted by molar-refractivity contribution is 5.58. The van der Waals surface area contributed by atoms with Crippen molar-refractivity contribution in [3.63, 3.8) is 0 Å². The van der Waals surface area contributed by atoms with Crippen LogP contribution >= 0.6 is 0 Å². The fourth-order valence-corrected chi connectivity index (χ4v) is 1.02. The molecule has 85 valence electrons. The number of rotatable bonds is 4. The molecule has 1 radical (unpaired) electrons. The van der Waals surface area contributed by atoms with Crippen LogP contribution in [0, 0.1) is 0 Å². The predicted molar refractivity (Wildman–Crippen MR) is 52.5 cm³/mol. The topological polar surface area (TPSA) is 26.3 Å². The summed E-state index contributed by atoms with van der Waals surface area (Å²) in [6, 6.07) is 5.33. The first-order chi connectivity index (χ1) is 7.51. The highest BCUT2D eigenvalue weighted by Crippen LogP contribution is 2.22. The quantitative estimate of drug-likeness (QED) is 0.792. The minimum absolute atomic E-state index is 0.154. The number of allylic oxidation sites excluding steroid dienone is 1.